The quantitative estimate of drug-likeness (QED) is 0.610. The second-order valence-electron chi connectivity index (χ2n) is 4.59. The van der Waals surface area contributed by atoms with Gasteiger partial charge in [0.2, 0.25) is 5.91 Å². The fourth-order valence-corrected chi connectivity index (χ4v) is 1.78. The molecule has 1 amide bonds. The normalized spacial score (nSPS) is 26.5. The van der Waals surface area contributed by atoms with Gasteiger partial charge in [0.05, 0.1) is 12.0 Å². The molecule has 0 aromatic heterocycles. The molecule has 0 spiro atoms. The van der Waals surface area contributed by atoms with Crippen LogP contribution in [0.2, 0.25) is 0 Å². The van der Waals surface area contributed by atoms with Crippen LogP contribution in [0.4, 0.5) is 0 Å². The van der Waals surface area contributed by atoms with Crippen LogP contribution in [0.25, 0.3) is 0 Å². The predicted octanol–water partition coefficient (Wildman–Crippen LogP) is 0.505. The molecular formula is C12H20N2O3. The van der Waals surface area contributed by atoms with Crippen molar-refractivity contribution < 1.29 is 14.7 Å². The van der Waals surface area contributed by atoms with Crippen LogP contribution < -0.4 is 11.1 Å². The van der Waals surface area contributed by atoms with Gasteiger partial charge in [0.25, 0.3) is 0 Å². The van der Waals surface area contributed by atoms with Crippen LogP contribution in [-0.2, 0) is 9.59 Å². The van der Waals surface area contributed by atoms with Gasteiger partial charge < -0.3 is 16.2 Å². The zero-order valence-corrected chi connectivity index (χ0v) is 10.2. The lowest BCUT2D eigenvalue weighted by Crippen LogP contribution is -2.47. The van der Waals surface area contributed by atoms with Crippen molar-refractivity contribution in [2.24, 2.45) is 17.6 Å². The molecule has 0 aliphatic heterocycles. The standard InChI is InChI=1S/C12H20N2O3/c1-3-7(2)10(13)11(15)14-9-5-4-8(6-9)12(16)17/h4-5,7-10H,3,6,13H2,1-2H3,(H,14,15)(H,16,17)/t7?,8?,9?,10-/m0/s1. The molecule has 0 heterocycles. The Morgan fingerprint density at radius 2 is 2.18 bits per heavy atom. The lowest BCUT2D eigenvalue weighted by Gasteiger charge is -2.20. The van der Waals surface area contributed by atoms with Gasteiger partial charge in [0.1, 0.15) is 0 Å². The lowest BCUT2D eigenvalue weighted by atomic mass is 9.99. The Labute approximate surface area is 101 Å². The molecule has 3 unspecified atom stereocenters. The number of nitrogens with two attached hydrogens (primary N) is 1. The number of carboxylic acid groups (broad SMARTS) is 1. The maximum Gasteiger partial charge on any atom is 0.310 e. The molecule has 0 aromatic rings. The van der Waals surface area contributed by atoms with E-state index in [1.165, 1.54) is 0 Å². The van der Waals surface area contributed by atoms with Crippen LogP contribution in [0.1, 0.15) is 26.7 Å². The van der Waals surface area contributed by atoms with E-state index in [9.17, 15) is 9.59 Å². The second-order valence-corrected chi connectivity index (χ2v) is 4.59. The number of rotatable bonds is 5. The van der Waals surface area contributed by atoms with Crippen LogP contribution in [0.3, 0.4) is 0 Å². The molecule has 1 aliphatic rings. The van der Waals surface area contributed by atoms with Crippen molar-refractivity contribution in [2.45, 2.75) is 38.8 Å². The molecule has 0 bridgehead atoms. The van der Waals surface area contributed by atoms with Crippen molar-refractivity contribution in [2.75, 3.05) is 0 Å². The third kappa shape index (κ3) is 3.56. The second kappa shape index (κ2) is 5.82. The molecule has 17 heavy (non-hydrogen) atoms. The molecular weight excluding hydrogens is 220 g/mol. The average molecular weight is 240 g/mol. The molecule has 0 saturated heterocycles. The Hall–Kier alpha value is -1.36. The van der Waals surface area contributed by atoms with Crippen molar-refractivity contribution in [1.82, 2.24) is 5.32 Å². The van der Waals surface area contributed by atoms with Gasteiger partial charge in [-0.25, -0.2) is 0 Å². The molecule has 1 rings (SSSR count). The summed E-state index contributed by atoms with van der Waals surface area (Å²) in [5.74, 6) is -1.44. The Balaban J connectivity index is 2.44. The molecule has 0 aromatic carbocycles. The Kier molecular flexibility index (Phi) is 4.69. The average Bonchev–Trinajstić information content (AvgIpc) is 2.75. The highest BCUT2D eigenvalue weighted by molar-refractivity contribution is 5.82. The number of nitrogens with one attached hydrogen (secondary N) is 1. The van der Waals surface area contributed by atoms with E-state index in [1.807, 2.05) is 13.8 Å². The Morgan fingerprint density at radius 3 is 2.65 bits per heavy atom. The third-order valence-corrected chi connectivity index (χ3v) is 3.29. The molecule has 4 atom stereocenters. The molecule has 1 aliphatic carbocycles. The maximum absolute atomic E-state index is 11.8. The summed E-state index contributed by atoms with van der Waals surface area (Å²) in [5.41, 5.74) is 5.79. The topological polar surface area (TPSA) is 92.4 Å². The lowest BCUT2D eigenvalue weighted by molar-refractivity contribution is -0.140. The van der Waals surface area contributed by atoms with Crippen LogP contribution in [0, 0.1) is 11.8 Å². The van der Waals surface area contributed by atoms with Crippen molar-refractivity contribution in [3.63, 3.8) is 0 Å². The van der Waals surface area contributed by atoms with Gasteiger partial charge in [-0.15, -0.1) is 0 Å². The van der Waals surface area contributed by atoms with E-state index < -0.39 is 17.9 Å². The van der Waals surface area contributed by atoms with Crippen LogP contribution >= 0.6 is 0 Å². The molecule has 4 N–H and O–H groups in total. The van der Waals surface area contributed by atoms with E-state index in [-0.39, 0.29) is 17.9 Å². The van der Waals surface area contributed by atoms with Crippen molar-refractivity contribution in [3.8, 4) is 0 Å². The maximum atomic E-state index is 11.8. The largest absolute Gasteiger partial charge is 0.481 e. The minimum Gasteiger partial charge on any atom is -0.481 e. The zero-order chi connectivity index (χ0) is 13.0. The molecule has 0 saturated carbocycles. The fourth-order valence-electron chi connectivity index (χ4n) is 1.78. The molecule has 0 fully saturated rings. The van der Waals surface area contributed by atoms with Gasteiger partial charge in [-0.2, -0.15) is 0 Å². The minimum atomic E-state index is -0.857. The zero-order valence-electron chi connectivity index (χ0n) is 10.2. The van der Waals surface area contributed by atoms with E-state index in [0.29, 0.717) is 6.42 Å². The van der Waals surface area contributed by atoms with Crippen molar-refractivity contribution in [1.29, 1.82) is 0 Å². The van der Waals surface area contributed by atoms with E-state index in [4.69, 9.17) is 10.8 Å². The first kappa shape index (κ1) is 13.7. The first-order valence-electron chi connectivity index (χ1n) is 5.92. The summed E-state index contributed by atoms with van der Waals surface area (Å²) in [6, 6.07) is -0.740. The smallest absolute Gasteiger partial charge is 0.310 e. The number of amides is 1. The molecule has 0 radical (unpaired) electrons. The Bertz CT molecular complexity index is 328. The first-order chi connectivity index (χ1) is 7.95. The molecule has 96 valence electrons. The van der Waals surface area contributed by atoms with Gasteiger partial charge in [-0.05, 0) is 12.3 Å². The minimum absolute atomic E-state index is 0.121. The van der Waals surface area contributed by atoms with E-state index in [0.717, 1.165) is 6.42 Å². The number of carbonyl (C=O) groups excluding carboxylic acids is 1. The van der Waals surface area contributed by atoms with E-state index >= 15 is 0 Å². The van der Waals surface area contributed by atoms with Crippen molar-refractivity contribution >= 4 is 11.9 Å². The van der Waals surface area contributed by atoms with E-state index in [1.54, 1.807) is 12.2 Å². The first-order valence-corrected chi connectivity index (χ1v) is 5.92. The highest BCUT2D eigenvalue weighted by Crippen LogP contribution is 2.18. The highest BCUT2D eigenvalue weighted by atomic mass is 16.4. The van der Waals surface area contributed by atoms with Gasteiger partial charge in [-0.1, -0.05) is 32.4 Å². The number of hydrogen-bond donors (Lipinski definition) is 3. The third-order valence-electron chi connectivity index (χ3n) is 3.29. The molecule has 5 nitrogen and oxygen atoms in total. The van der Waals surface area contributed by atoms with Crippen molar-refractivity contribution in [3.05, 3.63) is 12.2 Å². The molecule has 5 heteroatoms. The number of carboxylic acids is 1. The fraction of sp³-hybridized carbons (Fsp3) is 0.667. The number of carbonyl (C=O) groups is 2. The summed E-state index contributed by atoms with van der Waals surface area (Å²) in [4.78, 5) is 22.5. The van der Waals surface area contributed by atoms with Crippen LogP contribution in [-0.4, -0.2) is 29.1 Å². The van der Waals surface area contributed by atoms with E-state index in [2.05, 4.69) is 5.32 Å². The number of hydrogen-bond acceptors (Lipinski definition) is 3. The summed E-state index contributed by atoms with van der Waals surface area (Å²) >= 11 is 0. The summed E-state index contributed by atoms with van der Waals surface area (Å²) < 4.78 is 0. The van der Waals surface area contributed by atoms with Crippen LogP contribution in [0.5, 0.6) is 0 Å². The summed E-state index contributed by atoms with van der Waals surface area (Å²) in [6.45, 7) is 3.91. The van der Waals surface area contributed by atoms with Gasteiger partial charge in [0, 0.05) is 6.04 Å². The van der Waals surface area contributed by atoms with Crippen LogP contribution in [0.15, 0.2) is 12.2 Å². The predicted molar refractivity (Wildman–Crippen MR) is 64.2 cm³/mol. The SMILES string of the molecule is CCC(C)[C@H](N)C(=O)NC1C=CC(C(=O)O)C1. The summed E-state index contributed by atoms with van der Waals surface area (Å²) in [5, 5.41) is 11.6. The van der Waals surface area contributed by atoms with Gasteiger partial charge >= 0.3 is 5.97 Å². The van der Waals surface area contributed by atoms with Gasteiger partial charge in [-0.3, -0.25) is 9.59 Å². The van der Waals surface area contributed by atoms with Gasteiger partial charge in [0.15, 0.2) is 0 Å². The summed E-state index contributed by atoms with van der Waals surface area (Å²) in [6.07, 6.45) is 4.59. The Morgan fingerprint density at radius 1 is 1.53 bits per heavy atom. The highest BCUT2D eigenvalue weighted by Gasteiger charge is 2.27. The number of aliphatic carboxylic acids is 1. The monoisotopic (exact) mass is 240 g/mol. The summed E-state index contributed by atoms with van der Waals surface area (Å²) in [7, 11) is 0.